The number of thioether (sulfide) groups is 1. The highest BCUT2D eigenvalue weighted by atomic mass is 32.2. The summed E-state index contributed by atoms with van der Waals surface area (Å²) in [6, 6.07) is 0.391. The number of urea groups is 1. The summed E-state index contributed by atoms with van der Waals surface area (Å²) >= 11 is 1.64. The first-order valence-electron chi connectivity index (χ1n) is 4.82. The Morgan fingerprint density at radius 2 is 2.08 bits per heavy atom. The Morgan fingerprint density at radius 3 is 2.62 bits per heavy atom. The largest absolute Gasteiger partial charge is 0.335 e. The summed E-state index contributed by atoms with van der Waals surface area (Å²) < 4.78 is 0. The lowest BCUT2D eigenvalue weighted by atomic mass is 10.3. The second kappa shape index (κ2) is 5.37. The zero-order valence-corrected chi connectivity index (χ0v) is 9.12. The van der Waals surface area contributed by atoms with E-state index in [9.17, 15) is 4.79 Å². The third kappa shape index (κ3) is 3.89. The van der Waals surface area contributed by atoms with Crippen molar-refractivity contribution in [1.29, 1.82) is 0 Å². The van der Waals surface area contributed by atoms with E-state index in [0.717, 1.165) is 12.8 Å². The van der Waals surface area contributed by atoms with E-state index < -0.39 is 0 Å². The lowest BCUT2D eigenvalue weighted by Crippen LogP contribution is -2.43. The fourth-order valence-electron chi connectivity index (χ4n) is 1.54. The number of nitrogens with one attached hydrogen (secondary N) is 2. The van der Waals surface area contributed by atoms with Crippen LogP contribution < -0.4 is 10.6 Å². The van der Waals surface area contributed by atoms with Crippen LogP contribution in [0.5, 0.6) is 0 Å². The second-order valence-corrected chi connectivity index (χ2v) is 4.66. The van der Waals surface area contributed by atoms with E-state index in [0.29, 0.717) is 6.04 Å². The van der Waals surface area contributed by atoms with Crippen LogP contribution in [0.15, 0.2) is 0 Å². The van der Waals surface area contributed by atoms with Gasteiger partial charge in [0.25, 0.3) is 0 Å². The third-order valence-corrected chi connectivity index (χ3v) is 3.20. The molecule has 76 valence electrons. The Hall–Kier alpha value is -0.380. The van der Waals surface area contributed by atoms with Gasteiger partial charge in [0.05, 0.1) is 5.37 Å². The molecule has 0 aliphatic heterocycles. The van der Waals surface area contributed by atoms with E-state index in [1.165, 1.54) is 12.8 Å². The molecule has 1 atom stereocenters. The Morgan fingerprint density at radius 1 is 1.46 bits per heavy atom. The summed E-state index contributed by atoms with van der Waals surface area (Å²) in [4.78, 5) is 11.3. The molecule has 4 heteroatoms. The van der Waals surface area contributed by atoms with Crippen LogP contribution in [0.3, 0.4) is 0 Å². The predicted molar refractivity (Wildman–Crippen MR) is 56.9 cm³/mol. The van der Waals surface area contributed by atoms with Gasteiger partial charge in [-0.1, -0.05) is 12.8 Å². The van der Waals surface area contributed by atoms with E-state index in [4.69, 9.17) is 0 Å². The van der Waals surface area contributed by atoms with Crippen molar-refractivity contribution in [2.75, 3.05) is 6.26 Å². The molecule has 2 amide bonds. The van der Waals surface area contributed by atoms with Crippen molar-refractivity contribution < 1.29 is 4.79 Å². The van der Waals surface area contributed by atoms with E-state index in [1.807, 2.05) is 13.2 Å². The molecular formula is C9H18N2OS. The topological polar surface area (TPSA) is 41.1 Å². The van der Waals surface area contributed by atoms with Gasteiger partial charge in [-0.2, -0.15) is 0 Å². The van der Waals surface area contributed by atoms with Crippen molar-refractivity contribution in [3.8, 4) is 0 Å². The zero-order chi connectivity index (χ0) is 9.68. The van der Waals surface area contributed by atoms with Gasteiger partial charge < -0.3 is 10.6 Å². The monoisotopic (exact) mass is 202 g/mol. The molecule has 1 aliphatic carbocycles. The molecule has 2 N–H and O–H groups in total. The van der Waals surface area contributed by atoms with Crippen LogP contribution in [0.1, 0.15) is 32.6 Å². The first-order valence-corrected chi connectivity index (χ1v) is 6.11. The van der Waals surface area contributed by atoms with Gasteiger partial charge in [0.1, 0.15) is 0 Å². The van der Waals surface area contributed by atoms with Crippen LogP contribution in [0.2, 0.25) is 0 Å². The molecule has 0 spiro atoms. The number of amides is 2. The lowest BCUT2D eigenvalue weighted by molar-refractivity contribution is 0.237. The van der Waals surface area contributed by atoms with Crippen LogP contribution in [-0.4, -0.2) is 23.7 Å². The molecule has 1 rings (SSSR count). The van der Waals surface area contributed by atoms with E-state index in [1.54, 1.807) is 11.8 Å². The summed E-state index contributed by atoms with van der Waals surface area (Å²) in [7, 11) is 0. The van der Waals surface area contributed by atoms with Gasteiger partial charge in [0.15, 0.2) is 0 Å². The Labute approximate surface area is 84.0 Å². The molecule has 0 radical (unpaired) electrons. The standard InChI is InChI=1S/C9H18N2OS/c1-7(13-2)10-9(12)11-8-5-3-4-6-8/h7-8H,3-6H2,1-2H3,(H2,10,11,12)/t7-/m1/s1. The van der Waals surface area contributed by atoms with Gasteiger partial charge in [0.2, 0.25) is 0 Å². The molecule has 0 aromatic rings. The first kappa shape index (κ1) is 10.7. The number of hydrogen-bond acceptors (Lipinski definition) is 2. The molecule has 1 fully saturated rings. The highest BCUT2D eigenvalue weighted by Crippen LogP contribution is 2.17. The van der Waals surface area contributed by atoms with Gasteiger partial charge in [-0.15, -0.1) is 11.8 Å². The van der Waals surface area contributed by atoms with Gasteiger partial charge >= 0.3 is 6.03 Å². The summed E-state index contributed by atoms with van der Waals surface area (Å²) in [5.41, 5.74) is 0. The Bertz CT molecular complexity index is 169. The van der Waals surface area contributed by atoms with Crippen molar-refractivity contribution in [3.63, 3.8) is 0 Å². The fourth-order valence-corrected chi connectivity index (χ4v) is 1.77. The SMILES string of the molecule is CS[C@H](C)NC(=O)NC1CCCC1. The predicted octanol–water partition coefficient (Wildman–Crippen LogP) is 1.94. The average molecular weight is 202 g/mol. The molecule has 0 unspecified atom stereocenters. The van der Waals surface area contributed by atoms with Crippen molar-refractivity contribution in [2.45, 2.75) is 44.0 Å². The molecule has 1 aliphatic rings. The molecule has 13 heavy (non-hydrogen) atoms. The van der Waals surface area contributed by atoms with Crippen molar-refractivity contribution in [1.82, 2.24) is 10.6 Å². The highest BCUT2D eigenvalue weighted by molar-refractivity contribution is 7.99. The Kier molecular flexibility index (Phi) is 4.42. The van der Waals surface area contributed by atoms with Gasteiger partial charge in [-0.25, -0.2) is 4.79 Å². The molecule has 3 nitrogen and oxygen atoms in total. The smallest absolute Gasteiger partial charge is 0.315 e. The molecule has 0 aromatic heterocycles. The van der Waals surface area contributed by atoms with Crippen LogP contribution in [0.4, 0.5) is 4.79 Å². The minimum Gasteiger partial charge on any atom is -0.335 e. The second-order valence-electron chi connectivity index (χ2n) is 3.48. The number of hydrogen-bond donors (Lipinski definition) is 2. The maximum atomic E-state index is 11.3. The van der Waals surface area contributed by atoms with E-state index in [2.05, 4.69) is 10.6 Å². The van der Waals surface area contributed by atoms with Crippen molar-refractivity contribution >= 4 is 17.8 Å². The maximum absolute atomic E-state index is 11.3. The molecular weight excluding hydrogens is 184 g/mol. The fraction of sp³-hybridized carbons (Fsp3) is 0.889. The summed E-state index contributed by atoms with van der Waals surface area (Å²) in [6.45, 7) is 1.99. The zero-order valence-electron chi connectivity index (χ0n) is 8.30. The summed E-state index contributed by atoms with van der Waals surface area (Å²) in [6.07, 6.45) is 6.77. The van der Waals surface area contributed by atoms with Crippen LogP contribution in [-0.2, 0) is 0 Å². The van der Waals surface area contributed by atoms with Gasteiger partial charge in [-0.05, 0) is 26.0 Å². The van der Waals surface area contributed by atoms with Crippen LogP contribution in [0, 0.1) is 0 Å². The maximum Gasteiger partial charge on any atom is 0.315 e. The van der Waals surface area contributed by atoms with Crippen LogP contribution in [0.25, 0.3) is 0 Å². The van der Waals surface area contributed by atoms with Crippen molar-refractivity contribution in [3.05, 3.63) is 0 Å². The van der Waals surface area contributed by atoms with Crippen molar-refractivity contribution in [2.24, 2.45) is 0 Å². The van der Waals surface area contributed by atoms with E-state index >= 15 is 0 Å². The minimum absolute atomic E-state index is 0.0197. The molecule has 0 bridgehead atoms. The minimum atomic E-state index is -0.0197. The lowest BCUT2D eigenvalue weighted by Gasteiger charge is -2.15. The molecule has 0 saturated heterocycles. The van der Waals surface area contributed by atoms with Gasteiger partial charge in [-0.3, -0.25) is 0 Å². The molecule has 0 heterocycles. The van der Waals surface area contributed by atoms with E-state index in [-0.39, 0.29) is 11.4 Å². The normalized spacial score (nSPS) is 19.8. The quantitative estimate of drug-likeness (QED) is 0.687. The number of carbonyl (C=O) groups is 1. The molecule has 0 aromatic carbocycles. The third-order valence-electron chi connectivity index (χ3n) is 2.38. The highest BCUT2D eigenvalue weighted by Gasteiger charge is 2.17. The number of carbonyl (C=O) groups excluding carboxylic acids is 1. The summed E-state index contributed by atoms with van der Waals surface area (Å²) in [5.74, 6) is 0. The van der Waals surface area contributed by atoms with Gasteiger partial charge in [0, 0.05) is 6.04 Å². The Balaban J connectivity index is 2.16. The number of rotatable bonds is 3. The first-order chi connectivity index (χ1) is 6.22. The molecule has 1 saturated carbocycles. The average Bonchev–Trinajstić information content (AvgIpc) is 2.56. The van der Waals surface area contributed by atoms with Crippen LogP contribution >= 0.6 is 11.8 Å². The summed E-state index contributed by atoms with van der Waals surface area (Å²) in [5, 5.41) is 6.05.